The molecule has 4 aromatic rings. The van der Waals surface area contributed by atoms with Gasteiger partial charge in [0, 0.05) is 27.8 Å². The molecular formula is C26H19FO4S2. The Bertz CT molecular complexity index is 1470. The van der Waals surface area contributed by atoms with Crippen LogP contribution in [0.15, 0.2) is 83.1 Å². The number of hydrogen-bond donors (Lipinski definition) is 0. The van der Waals surface area contributed by atoms with Gasteiger partial charge in [0.25, 0.3) is 0 Å². The van der Waals surface area contributed by atoms with Crippen molar-refractivity contribution >= 4 is 32.7 Å². The topological polar surface area (TPSA) is 68.3 Å². The first-order valence-electron chi connectivity index (χ1n) is 9.99. The zero-order valence-electron chi connectivity index (χ0n) is 17.8. The third kappa shape index (κ3) is 4.55. The summed E-state index contributed by atoms with van der Waals surface area (Å²) >= 11 is 1.42. The smallest absolute Gasteiger partial charge is 0.234 e. The van der Waals surface area contributed by atoms with E-state index in [9.17, 15) is 22.4 Å². The van der Waals surface area contributed by atoms with Crippen LogP contribution in [0.5, 0.6) is 0 Å². The zero-order chi connectivity index (χ0) is 23.8. The van der Waals surface area contributed by atoms with E-state index in [0.717, 1.165) is 17.2 Å². The number of carbonyl (C=O) groups is 2. The molecule has 0 saturated heterocycles. The van der Waals surface area contributed by atoms with E-state index < -0.39 is 27.2 Å². The van der Waals surface area contributed by atoms with E-state index in [1.54, 1.807) is 31.2 Å². The molecule has 0 amide bonds. The second kappa shape index (κ2) is 8.84. The van der Waals surface area contributed by atoms with Gasteiger partial charge in [0.15, 0.2) is 9.84 Å². The molecule has 0 aliphatic rings. The van der Waals surface area contributed by atoms with Gasteiger partial charge in [-0.05, 0) is 53.3 Å². The van der Waals surface area contributed by atoms with E-state index in [2.05, 4.69) is 0 Å². The average molecular weight is 479 g/mol. The molecule has 0 atom stereocenters. The fourth-order valence-corrected chi connectivity index (χ4v) is 4.97. The summed E-state index contributed by atoms with van der Waals surface area (Å²) in [6, 6.07) is 19.1. The second-order valence-electron chi connectivity index (χ2n) is 7.62. The fourth-order valence-electron chi connectivity index (χ4n) is 3.54. The van der Waals surface area contributed by atoms with E-state index in [4.69, 9.17) is 0 Å². The van der Waals surface area contributed by atoms with Gasteiger partial charge >= 0.3 is 0 Å². The van der Waals surface area contributed by atoms with Crippen molar-refractivity contribution in [2.75, 3.05) is 6.26 Å². The van der Waals surface area contributed by atoms with Crippen LogP contribution in [0.4, 0.5) is 4.39 Å². The molecule has 0 unspecified atom stereocenters. The number of thiophene rings is 1. The van der Waals surface area contributed by atoms with Gasteiger partial charge in [0.05, 0.1) is 4.90 Å². The van der Waals surface area contributed by atoms with Gasteiger partial charge in [-0.3, -0.25) is 9.59 Å². The van der Waals surface area contributed by atoms with Crippen LogP contribution in [0.25, 0.3) is 21.6 Å². The molecule has 4 nitrogen and oxygen atoms in total. The highest BCUT2D eigenvalue weighted by atomic mass is 32.2. The lowest BCUT2D eigenvalue weighted by Crippen LogP contribution is -2.16. The van der Waals surface area contributed by atoms with Crippen LogP contribution in [-0.2, 0) is 9.84 Å². The second-order valence-corrected chi connectivity index (χ2v) is 10.6. The lowest BCUT2D eigenvalue weighted by molar-refractivity contribution is 0.0817. The highest BCUT2D eigenvalue weighted by Crippen LogP contribution is 2.38. The maximum Gasteiger partial charge on any atom is 0.234 e. The van der Waals surface area contributed by atoms with E-state index in [0.29, 0.717) is 22.3 Å². The number of halogens is 1. The van der Waals surface area contributed by atoms with Crippen LogP contribution < -0.4 is 0 Å². The Morgan fingerprint density at radius 2 is 1.61 bits per heavy atom. The van der Waals surface area contributed by atoms with Crippen LogP contribution in [0.1, 0.15) is 26.3 Å². The summed E-state index contributed by atoms with van der Waals surface area (Å²) in [4.78, 5) is 27.2. The third-order valence-electron chi connectivity index (χ3n) is 5.31. The molecule has 0 saturated carbocycles. The van der Waals surface area contributed by atoms with E-state index in [1.807, 2.05) is 23.6 Å². The average Bonchev–Trinajstić information content (AvgIpc) is 3.33. The van der Waals surface area contributed by atoms with Crippen LogP contribution in [0.2, 0.25) is 0 Å². The number of hydrogen-bond acceptors (Lipinski definition) is 5. The van der Waals surface area contributed by atoms with Crippen LogP contribution in [-0.4, -0.2) is 26.2 Å². The molecule has 3 aromatic carbocycles. The number of benzene rings is 3. The van der Waals surface area contributed by atoms with Crippen molar-refractivity contribution in [3.63, 3.8) is 0 Å². The minimum atomic E-state index is -3.35. The summed E-state index contributed by atoms with van der Waals surface area (Å²) in [5.74, 6) is -2.08. The number of Topliss-reactive ketones (excluding diaryl/α,β-unsaturated/α-hetero) is 2. The van der Waals surface area contributed by atoms with Crippen LogP contribution in [0.3, 0.4) is 0 Å². The Labute approximate surface area is 195 Å². The number of aryl methyl sites for hydroxylation is 1. The zero-order valence-corrected chi connectivity index (χ0v) is 19.5. The minimum Gasteiger partial charge on any atom is -0.285 e. The Balaban J connectivity index is 1.85. The van der Waals surface area contributed by atoms with Gasteiger partial charge in [-0.15, -0.1) is 11.3 Å². The van der Waals surface area contributed by atoms with Crippen LogP contribution >= 0.6 is 11.3 Å². The maximum atomic E-state index is 14.0. The quantitative estimate of drug-likeness (QED) is 0.252. The molecule has 166 valence electrons. The van der Waals surface area contributed by atoms with E-state index in [-0.39, 0.29) is 16.0 Å². The molecule has 0 aliphatic heterocycles. The molecule has 1 aromatic heterocycles. The monoisotopic (exact) mass is 478 g/mol. The summed E-state index contributed by atoms with van der Waals surface area (Å²) in [6.45, 7) is 1.58. The Morgan fingerprint density at radius 3 is 2.21 bits per heavy atom. The molecule has 0 aliphatic carbocycles. The number of carbonyl (C=O) groups excluding carboxylic acids is 2. The highest BCUT2D eigenvalue weighted by Gasteiger charge is 2.25. The first kappa shape index (κ1) is 22.8. The fraction of sp³-hybridized carbons (Fsp3) is 0.0769. The van der Waals surface area contributed by atoms with Gasteiger partial charge in [0.2, 0.25) is 11.6 Å². The lowest BCUT2D eigenvalue weighted by Gasteiger charge is -2.14. The summed E-state index contributed by atoms with van der Waals surface area (Å²) in [7, 11) is -3.35. The van der Waals surface area contributed by atoms with Crippen molar-refractivity contribution in [3.05, 3.63) is 101 Å². The highest BCUT2D eigenvalue weighted by molar-refractivity contribution is 7.90. The molecule has 0 radical (unpaired) electrons. The molecular weight excluding hydrogens is 459 g/mol. The predicted molar refractivity (Wildman–Crippen MR) is 128 cm³/mol. The summed E-state index contributed by atoms with van der Waals surface area (Å²) in [6.07, 6.45) is 1.14. The molecule has 7 heteroatoms. The van der Waals surface area contributed by atoms with Gasteiger partial charge in [-0.1, -0.05) is 48.5 Å². The Kier molecular flexibility index (Phi) is 6.10. The van der Waals surface area contributed by atoms with Crippen molar-refractivity contribution in [3.8, 4) is 21.6 Å². The molecule has 0 spiro atoms. The molecule has 0 fully saturated rings. The standard InChI is InChI=1S/C26H19FO4S2/c1-16-8-9-18(15-22(16)27)25(28)26(29)21-6-3-5-20(24(21)23-7-4-14-32-23)17-10-12-19(13-11-17)33(2,30)31/h3-15H,1-2H3. The Morgan fingerprint density at radius 1 is 0.879 bits per heavy atom. The summed E-state index contributed by atoms with van der Waals surface area (Å²) < 4.78 is 37.7. The van der Waals surface area contributed by atoms with Crippen molar-refractivity contribution in [2.45, 2.75) is 11.8 Å². The predicted octanol–water partition coefficient (Wildman–Crippen LogP) is 6.00. The largest absolute Gasteiger partial charge is 0.285 e. The molecule has 1 heterocycles. The Hall–Kier alpha value is -3.42. The van der Waals surface area contributed by atoms with Gasteiger partial charge in [-0.2, -0.15) is 0 Å². The van der Waals surface area contributed by atoms with Crippen molar-refractivity contribution in [2.24, 2.45) is 0 Å². The van der Waals surface area contributed by atoms with Crippen molar-refractivity contribution in [1.29, 1.82) is 0 Å². The first-order chi connectivity index (χ1) is 15.7. The normalized spacial score (nSPS) is 11.4. The molecule has 33 heavy (non-hydrogen) atoms. The maximum absolute atomic E-state index is 14.0. The van der Waals surface area contributed by atoms with E-state index in [1.165, 1.54) is 35.6 Å². The number of rotatable bonds is 6. The van der Waals surface area contributed by atoms with Gasteiger partial charge in [0.1, 0.15) is 5.82 Å². The summed E-state index contributed by atoms with van der Waals surface area (Å²) in [5.41, 5.74) is 2.54. The van der Waals surface area contributed by atoms with Crippen molar-refractivity contribution < 1.29 is 22.4 Å². The van der Waals surface area contributed by atoms with Gasteiger partial charge < -0.3 is 0 Å². The number of ketones is 2. The third-order valence-corrected chi connectivity index (χ3v) is 7.33. The SMILES string of the molecule is Cc1ccc(C(=O)C(=O)c2cccc(-c3ccc(S(C)(=O)=O)cc3)c2-c2cccs2)cc1F. The van der Waals surface area contributed by atoms with E-state index >= 15 is 0 Å². The molecule has 0 N–H and O–H groups in total. The minimum absolute atomic E-state index is 0.0110. The van der Waals surface area contributed by atoms with Gasteiger partial charge in [-0.25, -0.2) is 12.8 Å². The molecule has 4 rings (SSSR count). The van der Waals surface area contributed by atoms with Crippen LogP contribution in [0, 0.1) is 12.7 Å². The first-order valence-corrected chi connectivity index (χ1v) is 12.8. The number of sulfone groups is 1. The van der Waals surface area contributed by atoms with Crippen molar-refractivity contribution in [1.82, 2.24) is 0 Å². The summed E-state index contributed by atoms with van der Waals surface area (Å²) in [5, 5.41) is 1.87. The lowest BCUT2D eigenvalue weighted by atomic mass is 9.90. The molecule has 0 bridgehead atoms.